The molecule has 0 radical (unpaired) electrons. The maximum absolute atomic E-state index is 12.7. The highest BCUT2D eigenvalue weighted by atomic mass is 16.5. The van der Waals surface area contributed by atoms with Gasteiger partial charge in [0.1, 0.15) is 28.4 Å². The topological polar surface area (TPSA) is 101 Å². The predicted octanol–water partition coefficient (Wildman–Crippen LogP) is 3.35. The van der Waals surface area contributed by atoms with E-state index in [0.717, 1.165) is 0 Å². The first-order valence-corrected chi connectivity index (χ1v) is 9.05. The normalized spacial score (nSPS) is 11.0. The summed E-state index contributed by atoms with van der Waals surface area (Å²) < 4.78 is 17.7. The summed E-state index contributed by atoms with van der Waals surface area (Å²) in [4.78, 5) is 22.0. The summed E-state index contributed by atoms with van der Waals surface area (Å²) in [6.45, 7) is 1.96. The molecule has 2 aromatic heterocycles. The van der Waals surface area contributed by atoms with Crippen molar-refractivity contribution in [2.45, 2.75) is 6.92 Å². The molecule has 0 aliphatic carbocycles. The van der Waals surface area contributed by atoms with Gasteiger partial charge in [-0.3, -0.25) is 4.57 Å². The van der Waals surface area contributed by atoms with Crippen LogP contribution in [0.3, 0.4) is 0 Å². The Morgan fingerprint density at radius 3 is 2.45 bits per heavy atom. The molecule has 8 nitrogen and oxygen atoms in total. The SMILES string of the molecule is CCOC(=O)c1c(N)n(-c2ccc(OC)cc2OC)c2nc3ccccc3nc12. The van der Waals surface area contributed by atoms with Crippen LogP contribution in [0.4, 0.5) is 5.82 Å². The lowest BCUT2D eigenvalue weighted by molar-refractivity contribution is 0.0529. The number of carbonyl (C=O) groups is 1. The summed E-state index contributed by atoms with van der Waals surface area (Å²) in [7, 11) is 3.12. The Morgan fingerprint density at radius 1 is 1.07 bits per heavy atom. The van der Waals surface area contributed by atoms with Gasteiger partial charge in [0.2, 0.25) is 0 Å². The van der Waals surface area contributed by atoms with Gasteiger partial charge in [-0.2, -0.15) is 0 Å². The molecule has 0 fully saturated rings. The third-order valence-electron chi connectivity index (χ3n) is 4.61. The van der Waals surface area contributed by atoms with Gasteiger partial charge in [0.25, 0.3) is 0 Å². The van der Waals surface area contributed by atoms with Gasteiger partial charge in [-0.15, -0.1) is 0 Å². The average Bonchev–Trinajstić information content (AvgIpc) is 3.02. The number of nitrogens with two attached hydrogens (primary N) is 1. The number of ether oxygens (including phenoxy) is 3. The van der Waals surface area contributed by atoms with Crippen molar-refractivity contribution in [3.63, 3.8) is 0 Å². The van der Waals surface area contributed by atoms with Gasteiger partial charge in [-0.05, 0) is 31.2 Å². The highest BCUT2D eigenvalue weighted by molar-refractivity contribution is 6.09. The van der Waals surface area contributed by atoms with Crippen LogP contribution in [0, 0.1) is 0 Å². The zero-order valence-electron chi connectivity index (χ0n) is 16.3. The molecular formula is C21H20N4O4. The van der Waals surface area contributed by atoms with E-state index >= 15 is 0 Å². The minimum atomic E-state index is -0.550. The monoisotopic (exact) mass is 392 g/mol. The number of para-hydroxylation sites is 2. The lowest BCUT2D eigenvalue weighted by atomic mass is 10.2. The summed E-state index contributed by atoms with van der Waals surface area (Å²) in [5.41, 5.74) is 9.37. The molecule has 0 unspecified atom stereocenters. The zero-order chi connectivity index (χ0) is 20.5. The Labute approximate surface area is 166 Å². The summed E-state index contributed by atoms with van der Waals surface area (Å²) in [6, 6.07) is 12.7. The fourth-order valence-electron chi connectivity index (χ4n) is 3.28. The van der Waals surface area contributed by atoms with Crippen molar-refractivity contribution in [2.24, 2.45) is 0 Å². The standard InChI is InChI=1S/C21H20N4O4/c1-4-29-21(26)17-18-20(24-14-8-6-5-7-13(14)23-18)25(19(17)22)15-10-9-12(27-2)11-16(15)28-3/h5-11H,4,22H2,1-3H3. The van der Waals surface area contributed by atoms with Crippen molar-refractivity contribution in [3.8, 4) is 17.2 Å². The number of nitrogens with zero attached hydrogens (tertiary/aromatic N) is 3. The van der Waals surface area contributed by atoms with Crippen molar-refractivity contribution >= 4 is 34.0 Å². The van der Waals surface area contributed by atoms with Crippen LogP contribution in [-0.4, -0.2) is 41.3 Å². The van der Waals surface area contributed by atoms with E-state index in [9.17, 15) is 4.79 Å². The van der Waals surface area contributed by atoms with Gasteiger partial charge in [0.15, 0.2) is 5.65 Å². The number of anilines is 1. The van der Waals surface area contributed by atoms with Gasteiger partial charge >= 0.3 is 5.97 Å². The van der Waals surface area contributed by atoms with Crippen molar-refractivity contribution in [1.29, 1.82) is 0 Å². The molecule has 0 aliphatic rings. The van der Waals surface area contributed by atoms with E-state index in [0.29, 0.717) is 39.4 Å². The van der Waals surface area contributed by atoms with Crippen LogP contribution < -0.4 is 15.2 Å². The van der Waals surface area contributed by atoms with E-state index in [-0.39, 0.29) is 18.0 Å². The number of fused-ring (bicyclic) bond motifs is 2. The van der Waals surface area contributed by atoms with Crippen LogP contribution in [0.15, 0.2) is 42.5 Å². The van der Waals surface area contributed by atoms with Gasteiger partial charge in [0, 0.05) is 6.07 Å². The summed E-state index contributed by atoms with van der Waals surface area (Å²) in [5, 5.41) is 0. The maximum atomic E-state index is 12.7. The molecule has 0 spiro atoms. The van der Waals surface area contributed by atoms with E-state index in [1.54, 1.807) is 43.9 Å². The number of benzene rings is 2. The van der Waals surface area contributed by atoms with E-state index in [2.05, 4.69) is 4.98 Å². The van der Waals surface area contributed by atoms with E-state index < -0.39 is 5.97 Å². The maximum Gasteiger partial charge on any atom is 0.344 e. The molecule has 0 saturated carbocycles. The second-order valence-corrected chi connectivity index (χ2v) is 6.24. The molecule has 8 heteroatoms. The lowest BCUT2D eigenvalue weighted by Crippen LogP contribution is -2.09. The molecular weight excluding hydrogens is 372 g/mol. The van der Waals surface area contributed by atoms with Gasteiger partial charge in [-0.1, -0.05) is 12.1 Å². The van der Waals surface area contributed by atoms with E-state index in [1.165, 1.54) is 0 Å². The van der Waals surface area contributed by atoms with Crippen LogP contribution in [0.2, 0.25) is 0 Å². The highest BCUT2D eigenvalue weighted by Gasteiger charge is 2.27. The molecule has 148 valence electrons. The summed E-state index contributed by atoms with van der Waals surface area (Å²) >= 11 is 0. The van der Waals surface area contributed by atoms with Crippen LogP contribution in [0.1, 0.15) is 17.3 Å². The number of hydrogen-bond acceptors (Lipinski definition) is 7. The number of methoxy groups -OCH3 is 2. The minimum Gasteiger partial charge on any atom is -0.497 e. The van der Waals surface area contributed by atoms with Crippen LogP contribution in [0.25, 0.3) is 27.9 Å². The van der Waals surface area contributed by atoms with Crippen LogP contribution in [0.5, 0.6) is 11.5 Å². The van der Waals surface area contributed by atoms with Crippen LogP contribution in [-0.2, 0) is 4.74 Å². The molecule has 0 saturated heterocycles. The molecule has 2 aromatic carbocycles. The second kappa shape index (κ2) is 7.31. The smallest absolute Gasteiger partial charge is 0.344 e. The molecule has 0 bridgehead atoms. The first kappa shape index (κ1) is 18.5. The number of carbonyl (C=O) groups excluding carboxylic acids is 1. The van der Waals surface area contributed by atoms with Crippen molar-refractivity contribution in [1.82, 2.24) is 14.5 Å². The van der Waals surface area contributed by atoms with Gasteiger partial charge in [0.05, 0.1) is 37.5 Å². The molecule has 0 atom stereocenters. The summed E-state index contributed by atoms with van der Waals surface area (Å²) in [6.07, 6.45) is 0. The third-order valence-corrected chi connectivity index (χ3v) is 4.61. The minimum absolute atomic E-state index is 0.178. The average molecular weight is 392 g/mol. The molecule has 2 heterocycles. The third kappa shape index (κ3) is 2.98. The molecule has 29 heavy (non-hydrogen) atoms. The number of esters is 1. The number of rotatable bonds is 5. The van der Waals surface area contributed by atoms with Crippen molar-refractivity contribution in [3.05, 3.63) is 48.0 Å². The van der Waals surface area contributed by atoms with Crippen LogP contribution >= 0.6 is 0 Å². The Kier molecular flexibility index (Phi) is 4.67. The molecule has 4 aromatic rings. The Hall–Kier alpha value is -3.81. The predicted molar refractivity (Wildman–Crippen MR) is 110 cm³/mol. The molecule has 0 amide bonds. The van der Waals surface area contributed by atoms with E-state index in [1.807, 2.05) is 24.3 Å². The quantitative estimate of drug-likeness (QED) is 0.520. The number of aromatic nitrogens is 3. The highest BCUT2D eigenvalue weighted by Crippen LogP contribution is 2.36. The molecule has 2 N–H and O–H groups in total. The van der Waals surface area contributed by atoms with Crippen molar-refractivity contribution in [2.75, 3.05) is 26.6 Å². The van der Waals surface area contributed by atoms with Crippen molar-refractivity contribution < 1.29 is 19.0 Å². The fourth-order valence-corrected chi connectivity index (χ4v) is 3.28. The lowest BCUT2D eigenvalue weighted by Gasteiger charge is -2.13. The largest absolute Gasteiger partial charge is 0.497 e. The van der Waals surface area contributed by atoms with E-state index in [4.69, 9.17) is 24.9 Å². The second-order valence-electron chi connectivity index (χ2n) is 6.24. The van der Waals surface area contributed by atoms with Gasteiger partial charge in [-0.25, -0.2) is 14.8 Å². The Bertz CT molecular complexity index is 1230. The number of nitrogen functional groups attached to an aromatic ring is 1. The summed E-state index contributed by atoms with van der Waals surface area (Å²) in [5.74, 6) is 0.768. The zero-order valence-corrected chi connectivity index (χ0v) is 16.3. The Morgan fingerprint density at radius 2 is 1.79 bits per heavy atom. The first-order valence-electron chi connectivity index (χ1n) is 9.05. The first-order chi connectivity index (χ1) is 14.1. The van der Waals surface area contributed by atoms with Gasteiger partial charge < -0.3 is 19.9 Å². The molecule has 4 rings (SSSR count). The number of hydrogen-bond donors (Lipinski definition) is 1. The Balaban J connectivity index is 2.10. The fraction of sp³-hybridized carbons (Fsp3) is 0.190. The molecule has 0 aliphatic heterocycles.